The van der Waals surface area contributed by atoms with Gasteiger partial charge in [-0.2, -0.15) is 4.31 Å². The molecular formula is C14H23ClN4O4S2. The zero-order valence-electron chi connectivity index (χ0n) is 13.7. The van der Waals surface area contributed by atoms with Crippen LogP contribution in [0.15, 0.2) is 34.1 Å². The van der Waals surface area contributed by atoms with Gasteiger partial charge in [0.15, 0.2) is 0 Å². The van der Waals surface area contributed by atoms with Crippen molar-refractivity contribution >= 4 is 32.5 Å². The first-order chi connectivity index (χ1) is 11.3. The molecule has 25 heavy (non-hydrogen) atoms. The van der Waals surface area contributed by atoms with Crippen LogP contribution in [0.2, 0.25) is 0 Å². The zero-order chi connectivity index (χ0) is 17.4. The molecular weight excluding hydrogens is 388 g/mol. The van der Waals surface area contributed by atoms with Crippen molar-refractivity contribution in [2.24, 2.45) is 5.14 Å². The van der Waals surface area contributed by atoms with Gasteiger partial charge >= 0.3 is 0 Å². The van der Waals surface area contributed by atoms with Crippen molar-refractivity contribution in [2.75, 3.05) is 39.3 Å². The van der Waals surface area contributed by atoms with Crippen LogP contribution in [0.1, 0.15) is 6.42 Å². The maximum absolute atomic E-state index is 12.8. The Morgan fingerprint density at radius 3 is 2.24 bits per heavy atom. The quantitative estimate of drug-likeness (QED) is 0.687. The van der Waals surface area contributed by atoms with Crippen molar-refractivity contribution in [1.29, 1.82) is 0 Å². The molecule has 1 atom stereocenters. The zero-order valence-corrected chi connectivity index (χ0v) is 16.1. The third-order valence-corrected chi connectivity index (χ3v) is 7.40. The van der Waals surface area contributed by atoms with E-state index in [1.807, 2.05) is 0 Å². The highest BCUT2D eigenvalue weighted by Crippen LogP contribution is 2.21. The average molecular weight is 411 g/mol. The molecule has 3 N–H and O–H groups in total. The topological polar surface area (TPSA) is 113 Å². The van der Waals surface area contributed by atoms with Gasteiger partial charge in [-0.15, -0.1) is 12.4 Å². The standard InChI is InChI=1S/C14H22N4O4S2.ClH/c15-23(19,20)13-2-1-3-14(10-13)24(21,22)18-8-6-17(7-9-18)12-4-5-16-11-12;/h1-3,10,12,16H,4-9,11H2,(H2,15,19,20);1H. The van der Waals surface area contributed by atoms with Crippen LogP contribution in [0.4, 0.5) is 0 Å². The Morgan fingerprint density at radius 2 is 1.68 bits per heavy atom. The summed E-state index contributed by atoms with van der Waals surface area (Å²) in [6, 6.07) is 5.68. The van der Waals surface area contributed by atoms with Crippen LogP contribution < -0.4 is 10.5 Å². The Hall–Kier alpha value is -0.750. The van der Waals surface area contributed by atoms with Gasteiger partial charge in [-0.25, -0.2) is 22.0 Å². The molecule has 0 aromatic heterocycles. The first-order valence-corrected chi connectivity index (χ1v) is 10.8. The number of benzene rings is 1. The van der Waals surface area contributed by atoms with Gasteiger partial charge < -0.3 is 5.32 Å². The van der Waals surface area contributed by atoms with E-state index >= 15 is 0 Å². The Kier molecular flexibility index (Phi) is 6.47. The van der Waals surface area contributed by atoms with Crippen LogP contribution in [-0.2, 0) is 20.0 Å². The Morgan fingerprint density at radius 1 is 1.04 bits per heavy atom. The Balaban J connectivity index is 0.00000225. The molecule has 3 rings (SSSR count). The van der Waals surface area contributed by atoms with Crippen molar-refractivity contribution < 1.29 is 16.8 Å². The largest absolute Gasteiger partial charge is 0.315 e. The van der Waals surface area contributed by atoms with Gasteiger partial charge in [0.2, 0.25) is 20.0 Å². The third-order valence-electron chi connectivity index (χ3n) is 4.60. The van der Waals surface area contributed by atoms with Crippen LogP contribution in [0.5, 0.6) is 0 Å². The number of nitrogens with zero attached hydrogens (tertiary/aromatic N) is 2. The lowest BCUT2D eigenvalue weighted by molar-refractivity contribution is 0.145. The van der Waals surface area contributed by atoms with Gasteiger partial charge in [0.05, 0.1) is 9.79 Å². The smallest absolute Gasteiger partial charge is 0.243 e. The SMILES string of the molecule is Cl.NS(=O)(=O)c1cccc(S(=O)(=O)N2CCN(C3CCNC3)CC2)c1. The van der Waals surface area contributed by atoms with Gasteiger partial charge in [-0.1, -0.05) is 6.07 Å². The molecule has 1 aromatic carbocycles. The molecule has 2 heterocycles. The summed E-state index contributed by atoms with van der Waals surface area (Å²) in [4.78, 5) is 2.08. The number of nitrogens with one attached hydrogen (secondary N) is 1. The third kappa shape index (κ3) is 4.51. The number of piperazine rings is 1. The molecule has 1 unspecified atom stereocenters. The summed E-state index contributed by atoms with van der Waals surface area (Å²) >= 11 is 0. The molecule has 2 saturated heterocycles. The minimum absolute atomic E-state index is 0. The maximum atomic E-state index is 12.8. The summed E-state index contributed by atoms with van der Waals surface area (Å²) in [6.45, 7) is 4.12. The van der Waals surface area contributed by atoms with Crippen LogP contribution in [0.3, 0.4) is 0 Å². The fourth-order valence-electron chi connectivity index (χ4n) is 3.22. The predicted octanol–water partition coefficient (Wildman–Crippen LogP) is -0.576. The van der Waals surface area contributed by atoms with Gasteiger partial charge in [0.25, 0.3) is 0 Å². The van der Waals surface area contributed by atoms with Crippen LogP contribution in [0, 0.1) is 0 Å². The lowest BCUT2D eigenvalue weighted by Crippen LogP contribution is -2.52. The highest BCUT2D eigenvalue weighted by molar-refractivity contribution is 7.90. The van der Waals surface area contributed by atoms with E-state index in [-0.39, 0.29) is 22.2 Å². The van der Waals surface area contributed by atoms with E-state index in [0.29, 0.717) is 32.2 Å². The normalized spacial score (nSPS) is 23.3. The number of sulfonamides is 2. The molecule has 0 aliphatic carbocycles. The second-order valence-corrected chi connectivity index (χ2v) is 9.61. The van der Waals surface area contributed by atoms with Gasteiger partial charge in [-0.05, 0) is 31.2 Å². The molecule has 2 fully saturated rings. The second-order valence-electron chi connectivity index (χ2n) is 6.11. The number of hydrogen-bond acceptors (Lipinski definition) is 6. The highest BCUT2D eigenvalue weighted by Gasteiger charge is 2.32. The summed E-state index contributed by atoms with van der Waals surface area (Å²) < 4.78 is 49.8. The molecule has 0 bridgehead atoms. The minimum Gasteiger partial charge on any atom is -0.315 e. The molecule has 0 radical (unpaired) electrons. The first kappa shape index (κ1) is 20.6. The predicted molar refractivity (Wildman–Crippen MR) is 96.7 cm³/mol. The van der Waals surface area contributed by atoms with Gasteiger partial charge in [0, 0.05) is 38.8 Å². The van der Waals surface area contributed by atoms with E-state index < -0.39 is 20.0 Å². The molecule has 2 aliphatic rings. The molecule has 0 amide bonds. The van der Waals surface area contributed by atoms with Crippen LogP contribution in [0.25, 0.3) is 0 Å². The molecule has 8 nitrogen and oxygen atoms in total. The summed E-state index contributed by atoms with van der Waals surface area (Å²) in [5.74, 6) is 0. The van der Waals surface area contributed by atoms with E-state index in [1.54, 1.807) is 0 Å². The molecule has 142 valence electrons. The van der Waals surface area contributed by atoms with E-state index in [4.69, 9.17) is 5.14 Å². The molecule has 2 aliphatic heterocycles. The van der Waals surface area contributed by atoms with E-state index in [2.05, 4.69) is 10.2 Å². The number of rotatable bonds is 4. The summed E-state index contributed by atoms with van der Waals surface area (Å²) in [7, 11) is -7.66. The fourth-order valence-corrected chi connectivity index (χ4v) is 5.32. The number of hydrogen-bond donors (Lipinski definition) is 2. The van der Waals surface area contributed by atoms with Crippen LogP contribution in [-0.4, -0.2) is 71.4 Å². The molecule has 11 heteroatoms. The Bertz CT molecular complexity index is 802. The average Bonchev–Trinajstić information content (AvgIpc) is 3.09. The minimum atomic E-state index is -3.93. The number of halogens is 1. The molecule has 0 spiro atoms. The number of nitrogens with two attached hydrogens (primary N) is 1. The van der Waals surface area contributed by atoms with Gasteiger partial charge in [0.1, 0.15) is 0 Å². The highest BCUT2D eigenvalue weighted by atomic mass is 35.5. The van der Waals surface area contributed by atoms with Crippen molar-refractivity contribution in [2.45, 2.75) is 22.3 Å². The van der Waals surface area contributed by atoms with Crippen LogP contribution >= 0.6 is 12.4 Å². The fraction of sp³-hybridized carbons (Fsp3) is 0.571. The van der Waals surface area contributed by atoms with E-state index in [0.717, 1.165) is 25.6 Å². The summed E-state index contributed by atoms with van der Waals surface area (Å²) in [5, 5.41) is 8.40. The van der Waals surface area contributed by atoms with Gasteiger partial charge in [-0.3, -0.25) is 4.90 Å². The van der Waals surface area contributed by atoms with Crippen molar-refractivity contribution in [1.82, 2.24) is 14.5 Å². The Labute approximate surface area is 154 Å². The van der Waals surface area contributed by atoms with E-state index in [9.17, 15) is 16.8 Å². The van der Waals surface area contributed by atoms with Crippen molar-refractivity contribution in [3.8, 4) is 0 Å². The summed E-state index contributed by atoms with van der Waals surface area (Å²) in [5.41, 5.74) is 0. The lowest BCUT2D eigenvalue weighted by Gasteiger charge is -2.37. The van der Waals surface area contributed by atoms with Crippen molar-refractivity contribution in [3.63, 3.8) is 0 Å². The summed E-state index contributed by atoms with van der Waals surface area (Å²) in [6.07, 6.45) is 1.09. The number of primary sulfonamides is 1. The van der Waals surface area contributed by atoms with E-state index in [1.165, 1.54) is 22.5 Å². The monoisotopic (exact) mass is 410 g/mol. The lowest BCUT2D eigenvalue weighted by atomic mass is 10.2. The van der Waals surface area contributed by atoms with Crippen molar-refractivity contribution in [3.05, 3.63) is 24.3 Å². The maximum Gasteiger partial charge on any atom is 0.243 e. The molecule has 1 aromatic rings. The first-order valence-electron chi connectivity index (χ1n) is 7.86. The second kappa shape index (κ2) is 7.87. The molecule has 0 saturated carbocycles.